The number of nitrogens with zero attached hydrogens (tertiary/aromatic N) is 7. The van der Waals surface area contributed by atoms with E-state index < -0.39 is 30.6 Å². The second-order valence-electron chi connectivity index (χ2n) is 8.58. The molecule has 184 valence electrons. The zero-order valence-corrected chi connectivity index (χ0v) is 19.2. The van der Waals surface area contributed by atoms with E-state index in [0.717, 1.165) is 16.0 Å². The Morgan fingerprint density at radius 2 is 2.14 bits per heavy atom. The number of ether oxygens (including phenoxy) is 1. The number of aromatic nitrogens is 6. The molecule has 2 atom stereocenters. The van der Waals surface area contributed by atoms with Gasteiger partial charge in [0.2, 0.25) is 17.7 Å². The van der Waals surface area contributed by atoms with E-state index >= 15 is 0 Å². The maximum absolute atomic E-state index is 14.5. The molecule has 1 N–H and O–H groups in total. The summed E-state index contributed by atoms with van der Waals surface area (Å²) in [5, 5.41) is 15.1. The summed E-state index contributed by atoms with van der Waals surface area (Å²) in [6.07, 6.45) is 0.575. The molecule has 13 heteroatoms. The first-order valence-corrected chi connectivity index (χ1v) is 11.0. The van der Waals surface area contributed by atoms with Gasteiger partial charge in [0.05, 0.1) is 25.7 Å². The molecule has 0 bridgehead atoms. The van der Waals surface area contributed by atoms with Crippen molar-refractivity contribution in [2.24, 2.45) is 0 Å². The van der Waals surface area contributed by atoms with Crippen LogP contribution in [-0.4, -0.2) is 78.7 Å². The zero-order chi connectivity index (χ0) is 24.9. The fourth-order valence-corrected chi connectivity index (χ4v) is 4.26. The molecule has 0 unspecified atom stereocenters. The van der Waals surface area contributed by atoms with Gasteiger partial charge in [0, 0.05) is 25.2 Å². The summed E-state index contributed by atoms with van der Waals surface area (Å²) >= 11 is 0. The molecule has 1 amide bonds. The maximum Gasteiger partial charge on any atom is 0.286 e. The summed E-state index contributed by atoms with van der Waals surface area (Å²) in [6.45, 7) is 1.95. The third-order valence-electron chi connectivity index (χ3n) is 5.98. The second-order valence-corrected chi connectivity index (χ2v) is 8.58. The molecule has 1 aromatic carbocycles. The third-order valence-corrected chi connectivity index (χ3v) is 5.98. The number of hydrogen-bond acceptors (Lipinski definition) is 7. The number of rotatable bonds is 6. The minimum atomic E-state index is -3.14. The third kappa shape index (κ3) is 4.10. The molecule has 1 aliphatic heterocycles. The lowest BCUT2D eigenvalue weighted by Crippen LogP contribution is -2.38. The van der Waals surface area contributed by atoms with E-state index in [-0.39, 0.29) is 24.9 Å². The summed E-state index contributed by atoms with van der Waals surface area (Å²) in [5.41, 5.74) is 3.33. The molecule has 0 saturated carbocycles. The minimum absolute atomic E-state index is 0.0544. The van der Waals surface area contributed by atoms with Crippen LogP contribution in [0.3, 0.4) is 0 Å². The fraction of sp³-hybridized carbons (Fsp3) is 0.409. The van der Waals surface area contributed by atoms with Gasteiger partial charge in [-0.05, 0) is 30.7 Å². The molecule has 3 aromatic heterocycles. The van der Waals surface area contributed by atoms with Crippen molar-refractivity contribution in [3.05, 3.63) is 30.5 Å². The summed E-state index contributed by atoms with van der Waals surface area (Å²) in [7, 11) is 1.43. The highest BCUT2D eigenvalue weighted by Gasteiger charge is 2.49. The highest BCUT2D eigenvalue weighted by atomic mass is 19.3. The first-order valence-electron chi connectivity index (χ1n) is 11.0. The van der Waals surface area contributed by atoms with E-state index in [1.54, 1.807) is 18.3 Å². The van der Waals surface area contributed by atoms with Crippen LogP contribution in [0.15, 0.2) is 30.5 Å². The first-order chi connectivity index (χ1) is 16.7. The van der Waals surface area contributed by atoms with Gasteiger partial charge in [0.1, 0.15) is 23.2 Å². The number of hydrogen-bond donors (Lipinski definition) is 1. The van der Waals surface area contributed by atoms with Crippen LogP contribution in [0.25, 0.3) is 27.7 Å². The number of carbonyl (C=O) groups excluding carboxylic acids is 1. The Hall–Kier alpha value is -3.90. The van der Waals surface area contributed by atoms with Crippen LogP contribution < -0.4 is 10.1 Å². The van der Waals surface area contributed by atoms with Gasteiger partial charge in [-0.3, -0.25) is 4.79 Å². The predicted octanol–water partition coefficient (Wildman–Crippen LogP) is 2.79. The largest absolute Gasteiger partial charge is 0.479 e. The number of alkyl halides is 3. The van der Waals surface area contributed by atoms with Crippen LogP contribution in [-0.2, 0) is 11.3 Å². The number of carbonyl (C=O) groups is 1. The minimum Gasteiger partial charge on any atom is -0.479 e. The van der Waals surface area contributed by atoms with Crippen LogP contribution in [0.5, 0.6) is 5.88 Å². The average Bonchev–Trinajstić information content (AvgIpc) is 3.48. The summed E-state index contributed by atoms with van der Waals surface area (Å²) in [6, 6.07) is 5.93. The number of methoxy groups -OCH3 is 1. The Kier molecular flexibility index (Phi) is 5.49. The molecule has 4 heterocycles. The summed E-state index contributed by atoms with van der Waals surface area (Å²) in [5.74, 6) is -3.44. The molecule has 4 aromatic rings. The van der Waals surface area contributed by atoms with E-state index in [4.69, 9.17) is 4.74 Å². The first kappa shape index (κ1) is 22.9. The van der Waals surface area contributed by atoms with Crippen molar-refractivity contribution in [1.29, 1.82) is 0 Å². The SMILES string of the molecule is COc1nc(N[C@@H]2CN(C(C)=O)CC2(F)F)nn2ccc(-c3ccc4nnn(C[C@@H](C)F)c4c3)c12. The van der Waals surface area contributed by atoms with Crippen molar-refractivity contribution in [2.75, 3.05) is 25.5 Å². The lowest BCUT2D eigenvalue weighted by atomic mass is 10.1. The van der Waals surface area contributed by atoms with Gasteiger partial charge >= 0.3 is 0 Å². The van der Waals surface area contributed by atoms with Gasteiger partial charge < -0.3 is 15.0 Å². The number of amides is 1. The van der Waals surface area contributed by atoms with Crippen LogP contribution in [0.4, 0.5) is 19.1 Å². The van der Waals surface area contributed by atoms with E-state index in [1.165, 1.54) is 30.2 Å². The van der Waals surface area contributed by atoms with Crippen molar-refractivity contribution in [1.82, 2.24) is 34.5 Å². The number of halogens is 3. The van der Waals surface area contributed by atoms with Gasteiger partial charge in [-0.25, -0.2) is 22.4 Å². The Morgan fingerprint density at radius 3 is 2.83 bits per heavy atom. The monoisotopic (exact) mass is 488 g/mol. The van der Waals surface area contributed by atoms with Gasteiger partial charge in [-0.1, -0.05) is 11.3 Å². The molecular formula is C22H23F3N8O2. The Morgan fingerprint density at radius 1 is 1.34 bits per heavy atom. The Balaban J connectivity index is 1.51. The number of anilines is 1. The molecule has 35 heavy (non-hydrogen) atoms. The van der Waals surface area contributed by atoms with Crippen molar-refractivity contribution in [3.8, 4) is 17.0 Å². The Labute approximate surface area is 197 Å². The smallest absolute Gasteiger partial charge is 0.286 e. The van der Waals surface area contributed by atoms with E-state index in [1.807, 2.05) is 12.1 Å². The molecule has 5 rings (SSSR count). The highest BCUT2D eigenvalue weighted by Crippen LogP contribution is 2.34. The average molecular weight is 488 g/mol. The number of fused-ring (bicyclic) bond motifs is 2. The number of likely N-dealkylation sites (tertiary alicyclic amines) is 1. The molecule has 1 saturated heterocycles. The van der Waals surface area contributed by atoms with Crippen LogP contribution >= 0.6 is 0 Å². The lowest BCUT2D eigenvalue weighted by molar-refractivity contribution is -0.129. The quantitative estimate of drug-likeness (QED) is 0.445. The molecule has 1 aliphatic rings. The van der Waals surface area contributed by atoms with Crippen molar-refractivity contribution < 1.29 is 22.7 Å². The van der Waals surface area contributed by atoms with Gasteiger partial charge in [0.15, 0.2) is 0 Å². The van der Waals surface area contributed by atoms with E-state index in [0.29, 0.717) is 16.6 Å². The molecule has 10 nitrogen and oxygen atoms in total. The molecule has 1 fully saturated rings. The summed E-state index contributed by atoms with van der Waals surface area (Å²) in [4.78, 5) is 17.0. The molecule has 0 radical (unpaired) electrons. The van der Waals surface area contributed by atoms with E-state index in [2.05, 4.69) is 25.7 Å². The Bertz CT molecular complexity index is 1420. The molecular weight excluding hydrogens is 465 g/mol. The standard InChI is InChI=1S/C22H23F3N8O2/c1-12(23)9-33-17-8-14(4-5-16(17)28-30-33)15-6-7-32-19(15)20(35-3)27-21(29-32)26-18-10-31(13(2)34)11-22(18,24)25/h4-8,12,18H,9-11H2,1-3H3,(H,26,29)/t12-,18-/m1/s1. The lowest BCUT2D eigenvalue weighted by Gasteiger charge is -2.19. The summed E-state index contributed by atoms with van der Waals surface area (Å²) < 4.78 is 50.9. The molecule has 0 spiro atoms. The fourth-order valence-electron chi connectivity index (χ4n) is 4.26. The number of nitrogens with one attached hydrogen (secondary N) is 1. The number of benzene rings is 1. The van der Waals surface area contributed by atoms with Gasteiger partial charge in [-0.2, -0.15) is 4.98 Å². The van der Waals surface area contributed by atoms with Crippen molar-refractivity contribution in [3.63, 3.8) is 0 Å². The van der Waals surface area contributed by atoms with Gasteiger partial charge in [0.25, 0.3) is 5.92 Å². The highest BCUT2D eigenvalue weighted by molar-refractivity contribution is 5.89. The van der Waals surface area contributed by atoms with Crippen LogP contribution in [0.1, 0.15) is 13.8 Å². The van der Waals surface area contributed by atoms with Crippen molar-refractivity contribution >= 4 is 28.4 Å². The molecule has 0 aliphatic carbocycles. The normalized spacial score (nSPS) is 18.3. The zero-order valence-electron chi connectivity index (χ0n) is 19.2. The maximum atomic E-state index is 14.5. The van der Waals surface area contributed by atoms with Crippen LogP contribution in [0, 0.1) is 0 Å². The van der Waals surface area contributed by atoms with Crippen LogP contribution in [0.2, 0.25) is 0 Å². The van der Waals surface area contributed by atoms with Crippen molar-refractivity contribution in [2.45, 2.75) is 38.5 Å². The predicted molar refractivity (Wildman–Crippen MR) is 121 cm³/mol. The van der Waals surface area contributed by atoms with E-state index in [9.17, 15) is 18.0 Å². The second kappa shape index (κ2) is 8.40. The topological polar surface area (TPSA) is 102 Å². The van der Waals surface area contributed by atoms with Gasteiger partial charge in [-0.15, -0.1) is 10.2 Å².